The molecule has 4 heteroatoms. The first-order chi connectivity index (χ1) is 4.18. The monoisotopic (exact) mass is 142 g/mol. The minimum Gasteiger partial charge on any atom is -0.329 e. The van der Waals surface area contributed by atoms with Crippen LogP contribution in [0.4, 0.5) is 4.79 Å². The molecule has 0 spiro atoms. The van der Waals surface area contributed by atoms with E-state index in [0.29, 0.717) is 0 Å². The number of nitriles is 1. The van der Waals surface area contributed by atoms with Crippen LogP contribution in [-0.4, -0.2) is 10.8 Å². The number of hydrogen-bond donors (Lipinski definition) is 2. The lowest BCUT2D eigenvalue weighted by molar-refractivity contribution is 0.259. The quantitative estimate of drug-likeness (QED) is 0.529. The Morgan fingerprint density at radius 2 is 2.33 bits per heavy atom. The smallest absolute Gasteiger partial charge is 0.277 e. The molecule has 0 heterocycles. The van der Waals surface area contributed by atoms with Gasteiger partial charge in [-0.1, -0.05) is 12.6 Å². The topological polar surface area (TPSA) is 52.9 Å². The number of amides is 1. The molecule has 1 amide bonds. The van der Waals surface area contributed by atoms with E-state index in [9.17, 15) is 4.79 Å². The van der Waals surface area contributed by atoms with Crippen LogP contribution in [0.5, 0.6) is 0 Å². The molecule has 0 aromatic heterocycles. The molecule has 1 aliphatic carbocycles. The molecular formula is C5H6N2OS. The summed E-state index contributed by atoms with van der Waals surface area (Å²) in [6.07, 6.45) is 1.52. The van der Waals surface area contributed by atoms with Crippen molar-refractivity contribution < 1.29 is 4.79 Å². The van der Waals surface area contributed by atoms with Gasteiger partial charge in [0.05, 0.1) is 6.07 Å². The van der Waals surface area contributed by atoms with Gasteiger partial charge in [0.2, 0.25) is 0 Å². The average Bonchev–Trinajstić information content (AvgIpc) is 2.48. The number of carbonyl (C=O) groups is 1. The molecule has 0 atom stereocenters. The molecule has 0 radical (unpaired) electrons. The molecule has 3 nitrogen and oxygen atoms in total. The lowest BCUT2D eigenvalue weighted by atomic mass is 10.3. The first kappa shape index (κ1) is 6.43. The van der Waals surface area contributed by atoms with Crippen molar-refractivity contribution in [2.45, 2.75) is 18.4 Å². The summed E-state index contributed by atoms with van der Waals surface area (Å²) in [5.74, 6) is 0. The molecule has 9 heavy (non-hydrogen) atoms. The van der Waals surface area contributed by atoms with Crippen molar-refractivity contribution in [1.82, 2.24) is 5.32 Å². The molecule has 0 bridgehead atoms. The minimum atomic E-state index is -0.557. The third-order valence-electron chi connectivity index (χ3n) is 1.31. The fourth-order valence-corrected chi connectivity index (χ4v) is 0.808. The first-order valence-corrected chi connectivity index (χ1v) is 3.06. The maximum absolute atomic E-state index is 10.3. The van der Waals surface area contributed by atoms with Gasteiger partial charge in [-0.3, -0.25) is 4.79 Å². The molecule has 48 valence electrons. The van der Waals surface area contributed by atoms with Crippen molar-refractivity contribution in [3.63, 3.8) is 0 Å². The Hall–Kier alpha value is -0.690. The van der Waals surface area contributed by atoms with E-state index in [4.69, 9.17) is 5.26 Å². The Labute approximate surface area is 58.5 Å². The number of nitrogens with zero attached hydrogens (tertiary/aromatic N) is 1. The van der Waals surface area contributed by atoms with Gasteiger partial charge in [0.1, 0.15) is 5.54 Å². The summed E-state index contributed by atoms with van der Waals surface area (Å²) in [6.45, 7) is 0. The van der Waals surface area contributed by atoms with E-state index in [1.165, 1.54) is 0 Å². The number of thiol groups is 1. The molecule has 1 rings (SSSR count). The van der Waals surface area contributed by atoms with E-state index in [0.717, 1.165) is 12.8 Å². The summed E-state index contributed by atoms with van der Waals surface area (Å²) in [6, 6.07) is 2.00. The molecular weight excluding hydrogens is 136 g/mol. The standard InChI is InChI=1S/C5H6N2OS/c6-3-5(1-2-5)7-4(8)9/h1-2H2,(H2,7,8,9). The Bertz CT molecular complexity index is 180. The fraction of sp³-hybridized carbons (Fsp3) is 0.600. The van der Waals surface area contributed by atoms with Crippen molar-refractivity contribution in [2.75, 3.05) is 0 Å². The largest absolute Gasteiger partial charge is 0.329 e. The lowest BCUT2D eigenvalue weighted by Gasteiger charge is -2.02. The Kier molecular flexibility index (Phi) is 1.37. The second kappa shape index (κ2) is 1.92. The van der Waals surface area contributed by atoms with E-state index in [1.54, 1.807) is 0 Å². The van der Waals surface area contributed by atoms with Crippen LogP contribution < -0.4 is 5.32 Å². The molecule has 0 unspecified atom stereocenters. The summed E-state index contributed by atoms with van der Waals surface area (Å²) >= 11 is 3.48. The predicted octanol–water partition coefficient (Wildman–Crippen LogP) is 0.682. The summed E-state index contributed by atoms with van der Waals surface area (Å²) in [5.41, 5.74) is -0.557. The van der Waals surface area contributed by atoms with Gasteiger partial charge in [0.15, 0.2) is 0 Å². The van der Waals surface area contributed by atoms with Crippen molar-refractivity contribution in [3.8, 4) is 6.07 Å². The summed E-state index contributed by atoms with van der Waals surface area (Å²) in [7, 11) is 0. The van der Waals surface area contributed by atoms with Crippen LogP contribution in [0.15, 0.2) is 0 Å². The third-order valence-corrected chi connectivity index (χ3v) is 1.42. The summed E-state index contributed by atoms with van der Waals surface area (Å²) in [4.78, 5) is 10.3. The number of nitrogens with one attached hydrogen (secondary N) is 1. The van der Waals surface area contributed by atoms with Crippen molar-refractivity contribution in [1.29, 1.82) is 5.26 Å². The summed E-state index contributed by atoms with van der Waals surface area (Å²) in [5, 5.41) is 10.4. The second-order valence-corrected chi connectivity index (χ2v) is 2.53. The molecule has 1 saturated carbocycles. The maximum Gasteiger partial charge on any atom is 0.277 e. The Balaban J connectivity index is 2.45. The van der Waals surface area contributed by atoms with E-state index in [2.05, 4.69) is 17.9 Å². The summed E-state index contributed by atoms with van der Waals surface area (Å²) < 4.78 is 0. The molecule has 0 saturated heterocycles. The number of carbonyl (C=O) groups excluding carboxylic acids is 1. The lowest BCUT2D eigenvalue weighted by Crippen LogP contribution is -2.31. The van der Waals surface area contributed by atoms with Crippen molar-refractivity contribution in [2.24, 2.45) is 0 Å². The minimum absolute atomic E-state index is 0.422. The maximum atomic E-state index is 10.3. The Morgan fingerprint density at radius 1 is 1.78 bits per heavy atom. The van der Waals surface area contributed by atoms with Crippen molar-refractivity contribution in [3.05, 3.63) is 0 Å². The molecule has 0 aliphatic heterocycles. The average molecular weight is 142 g/mol. The van der Waals surface area contributed by atoms with Gasteiger partial charge in [0.25, 0.3) is 5.24 Å². The number of rotatable bonds is 1. The third kappa shape index (κ3) is 1.36. The van der Waals surface area contributed by atoms with Gasteiger partial charge in [-0.2, -0.15) is 5.26 Å². The highest BCUT2D eigenvalue weighted by Crippen LogP contribution is 2.34. The van der Waals surface area contributed by atoms with Gasteiger partial charge < -0.3 is 5.32 Å². The normalized spacial score (nSPS) is 20.0. The zero-order valence-electron chi connectivity index (χ0n) is 4.72. The van der Waals surface area contributed by atoms with E-state index in [1.807, 2.05) is 6.07 Å². The highest BCUT2D eigenvalue weighted by molar-refractivity contribution is 7.96. The van der Waals surface area contributed by atoms with Crippen LogP contribution in [0.3, 0.4) is 0 Å². The van der Waals surface area contributed by atoms with Gasteiger partial charge in [0, 0.05) is 0 Å². The van der Waals surface area contributed by atoms with E-state index >= 15 is 0 Å². The zero-order valence-corrected chi connectivity index (χ0v) is 5.61. The molecule has 0 aromatic carbocycles. The van der Waals surface area contributed by atoms with Crippen LogP contribution in [-0.2, 0) is 0 Å². The number of hydrogen-bond acceptors (Lipinski definition) is 2. The molecule has 1 N–H and O–H groups in total. The van der Waals surface area contributed by atoms with Crippen molar-refractivity contribution >= 4 is 17.9 Å². The second-order valence-electron chi connectivity index (χ2n) is 2.12. The van der Waals surface area contributed by atoms with Crippen LogP contribution in [0.1, 0.15) is 12.8 Å². The molecule has 1 fully saturated rings. The predicted molar refractivity (Wildman–Crippen MR) is 35.1 cm³/mol. The Morgan fingerprint density at radius 3 is 2.44 bits per heavy atom. The van der Waals surface area contributed by atoms with Crippen LogP contribution in [0.2, 0.25) is 0 Å². The molecule has 1 aliphatic rings. The van der Waals surface area contributed by atoms with Crippen LogP contribution in [0, 0.1) is 11.3 Å². The zero-order chi connectivity index (χ0) is 6.91. The SMILES string of the molecule is N#CC1(NC(=O)S)CC1. The highest BCUT2D eigenvalue weighted by atomic mass is 32.1. The van der Waals surface area contributed by atoms with Gasteiger partial charge >= 0.3 is 0 Å². The van der Waals surface area contributed by atoms with Gasteiger partial charge in [-0.25, -0.2) is 0 Å². The molecule has 0 aromatic rings. The van der Waals surface area contributed by atoms with Gasteiger partial charge in [-0.05, 0) is 12.8 Å². The van der Waals surface area contributed by atoms with E-state index < -0.39 is 10.8 Å². The van der Waals surface area contributed by atoms with Gasteiger partial charge in [-0.15, -0.1) is 0 Å². The van der Waals surface area contributed by atoms with Crippen LogP contribution in [0.25, 0.3) is 0 Å². The fourth-order valence-electron chi connectivity index (χ4n) is 0.594. The highest BCUT2D eigenvalue weighted by Gasteiger charge is 2.44. The van der Waals surface area contributed by atoms with Crippen LogP contribution >= 0.6 is 12.6 Å². The van der Waals surface area contributed by atoms with E-state index in [-0.39, 0.29) is 0 Å². The first-order valence-electron chi connectivity index (χ1n) is 2.61.